The Hall–Kier alpha value is -4.72. The van der Waals surface area contributed by atoms with Crippen molar-refractivity contribution in [3.63, 3.8) is 0 Å². The van der Waals surface area contributed by atoms with E-state index in [0.717, 1.165) is 39.2 Å². The molecule has 0 aliphatic heterocycles. The van der Waals surface area contributed by atoms with Crippen LogP contribution in [0.25, 0.3) is 10.9 Å². The summed E-state index contributed by atoms with van der Waals surface area (Å²) in [5.74, 6) is 2.60. The van der Waals surface area contributed by atoms with Crippen LogP contribution in [0.15, 0.2) is 79.1 Å². The van der Waals surface area contributed by atoms with Crippen molar-refractivity contribution >= 4 is 45.6 Å². The molecular weight excluding hydrogens is 438 g/mol. The van der Waals surface area contributed by atoms with Gasteiger partial charge in [0.25, 0.3) is 0 Å². The fraction of sp³-hybridized carbons (Fsp3) is 0.111. The van der Waals surface area contributed by atoms with Gasteiger partial charge in [-0.1, -0.05) is 18.2 Å². The number of pyridine rings is 1. The average molecular weight is 464 g/mol. The molecule has 0 spiro atoms. The van der Waals surface area contributed by atoms with Gasteiger partial charge in [-0.15, -0.1) is 0 Å². The Kier molecular flexibility index (Phi) is 6.09. The third-order valence-electron chi connectivity index (χ3n) is 5.48. The predicted octanol–water partition coefficient (Wildman–Crippen LogP) is 5.64. The lowest BCUT2D eigenvalue weighted by Crippen LogP contribution is -2.14. The summed E-state index contributed by atoms with van der Waals surface area (Å²) in [7, 11) is 0. The lowest BCUT2D eigenvalue weighted by atomic mass is 10.1. The van der Waals surface area contributed by atoms with Crippen molar-refractivity contribution < 1.29 is 4.79 Å². The molecule has 0 bridgehead atoms. The second-order valence-electron chi connectivity index (χ2n) is 8.32. The van der Waals surface area contributed by atoms with Crippen LogP contribution >= 0.6 is 0 Å². The molecular formula is C27H25N7O. The lowest BCUT2D eigenvalue weighted by Gasteiger charge is -2.11. The number of carbonyl (C=O) groups excluding carboxylic acids is 1. The molecule has 0 atom stereocenters. The highest BCUT2D eigenvalue weighted by molar-refractivity contribution is 5.95. The summed E-state index contributed by atoms with van der Waals surface area (Å²) in [4.78, 5) is 29.0. The van der Waals surface area contributed by atoms with Crippen LogP contribution in [-0.4, -0.2) is 25.8 Å². The highest BCUT2D eigenvalue weighted by Crippen LogP contribution is 2.22. The van der Waals surface area contributed by atoms with Gasteiger partial charge in [0.1, 0.15) is 23.3 Å². The van der Waals surface area contributed by atoms with E-state index in [4.69, 9.17) is 0 Å². The highest BCUT2D eigenvalue weighted by Gasteiger charge is 2.09. The van der Waals surface area contributed by atoms with E-state index in [1.807, 2.05) is 86.8 Å². The fourth-order valence-corrected chi connectivity index (χ4v) is 3.87. The Bertz CT molecular complexity index is 1490. The highest BCUT2D eigenvalue weighted by atomic mass is 16.1. The van der Waals surface area contributed by atoms with Crippen LogP contribution in [0, 0.1) is 13.8 Å². The largest absolute Gasteiger partial charge is 0.361 e. The van der Waals surface area contributed by atoms with Gasteiger partial charge in [-0.25, -0.2) is 15.0 Å². The Morgan fingerprint density at radius 2 is 1.60 bits per heavy atom. The number of aromatic nitrogens is 4. The van der Waals surface area contributed by atoms with Gasteiger partial charge in [-0.05, 0) is 67.4 Å². The number of anilines is 5. The number of para-hydroxylation sites is 1. The second kappa shape index (κ2) is 9.64. The zero-order chi connectivity index (χ0) is 24.2. The first-order valence-corrected chi connectivity index (χ1v) is 11.3. The van der Waals surface area contributed by atoms with Gasteiger partial charge in [0.15, 0.2) is 0 Å². The summed E-state index contributed by atoms with van der Waals surface area (Å²) in [5, 5.41) is 10.5. The third-order valence-corrected chi connectivity index (χ3v) is 5.48. The first-order chi connectivity index (χ1) is 17.0. The summed E-state index contributed by atoms with van der Waals surface area (Å²) in [5.41, 5.74) is 4.68. The molecule has 0 saturated carbocycles. The predicted molar refractivity (Wildman–Crippen MR) is 139 cm³/mol. The van der Waals surface area contributed by atoms with E-state index in [9.17, 15) is 4.79 Å². The van der Waals surface area contributed by atoms with Gasteiger partial charge >= 0.3 is 0 Å². The molecule has 174 valence electrons. The molecule has 3 heterocycles. The molecule has 0 aliphatic rings. The number of rotatable bonds is 7. The number of aromatic amines is 1. The molecule has 8 nitrogen and oxygen atoms in total. The Morgan fingerprint density at radius 1 is 0.857 bits per heavy atom. The molecule has 0 aliphatic carbocycles. The Morgan fingerprint density at radius 3 is 2.40 bits per heavy atom. The molecule has 0 saturated heterocycles. The summed E-state index contributed by atoms with van der Waals surface area (Å²) < 4.78 is 0. The number of aryl methyl sites for hydroxylation is 2. The first-order valence-electron chi connectivity index (χ1n) is 11.3. The maximum atomic E-state index is 12.6. The fourth-order valence-electron chi connectivity index (χ4n) is 3.87. The molecule has 4 N–H and O–H groups in total. The van der Waals surface area contributed by atoms with Crippen molar-refractivity contribution in [2.45, 2.75) is 20.3 Å². The first kappa shape index (κ1) is 22.1. The van der Waals surface area contributed by atoms with Crippen molar-refractivity contribution in [3.05, 3.63) is 96.1 Å². The molecule has 0 unspecified atom stereocenters. The number of benzene rings is 2. The molecule has 2 aromatic carbocycles. The molecule has 35 heavy (non-hydrogen) atoms. The zero-order valence-electron chi connectivity index (χ0n) is 19.5. The maximum absolute atomic E-state index is 12.6. The molecule has 5 aromatic rings. The van der Waals surface area contributed by atoms with Crippen molar-refractivity contribution in [1.29, 1.82) is 0 Å². The van der Waals surface area contributed by atoms with Crippen molar-refractivity contribution in [2.24, 2.45) is 0 Å². The summed E-state index contributed by atoms with van der Waals surface area (Å²) in [6.07, 6.45) is 3.95. The normalized spacial score (nSPS) is 10.8. The monoisotopic (exact) mass is 463 g/mol. The Balaban J connectivity index is 1.23. The minimum Gasteiger partial charge on any atom is -0.361 e. The van der Waals surface area contributed by atoms with Gasteiger partial charge < -0.3 is 20.9 Å². The second-order valence-corrected chi connectivity index (χ2v) is 8.32. The van der Waals surface area contributed by atoms with Crippen LogP contribution in [-0.2, 0) is 11.2 Å². The minimum absolute atomic E-state index is 0.0673. The summed E-state index contributed by atoms with van der Waals surface area (Å²) in [6.45, 7) is 3.85. The molecule has 5 rings (SSSR count). The Labute approximate surface area is 202 Å². The maximum Gasteiger partial charge on any atom is 0.228 e. The van der Waals surface area contributed by atoms with Crippen molar-refractivity contribution in [3.8, 4) is 0 Å². The van der Waals surface area contributed by atoms with Gasteiger partial charge in [0.05, 0.1) is 6.42 Å². The number of amides is 1. The SMILES string of the molecule is Cc1ccnc(Nc2cc(Nc3ccc(NC(=O)Cc4c[nH]c5ccccc45)cc3)nc(C)n2)c1. The van der Waals surface area contributed by atoms with E-state index in [1.54, 1.807) is 6.20 Å². The standard InChI is InChI=1S/C27H25N7O/c1-17-11-12-28-24(13-17)34-26-15-25(30-18(2)31-26)32-20-7-9-21(10-8-20)33-27(35)14-19-16-29-23-6-4-3-5-22(19)23/h3-13,15-16,29H,14H2,1-2H3,(H,33,35)(H2,28,30,31,32,34). The van der Waals surface area contributed by atoms with Gasteiger partial charge in [-0.3, -0.25) is 4.79 Å². The van der Waals surface area contributed by atoms with Gasteiger partial charge in [0, 0.05) is 40.7 Å². The number of H-pyrrole nitrogens is 1. The smallest absolute Gasteiger partial charge is 0.228 e. The molecule has 1 amide bonds. The topological polar surface area (TPSA) is 108 Å². The van der Waals surface area contributed by atoms with Gasteiger partial charge in [-0.2, -0.15) is 0 Å². The van der Waals surface area contributed by atoms with E-state index in [0.29, 0.717) is 23.9 Å². The van der Waals surface area contributed by atoms with Crippen LogP contribution in [0.1, 0.15) is 17.0 Å². The van der Waals surface area contributed by atoms with E-state index < -0.39 is 0 Å². The summed E-state index contributed by atoms with van der Waals surface area (Å²) in [6, 6.07) is 21.2. The van der Waals surface area contributed by atoms with E-state index in [2.05, 4.69) is 35.9 Å². The van der Waals surface area contributed by atoms with Crippen LogP contribution < -0.4 is 16.0 Å². The van der Waals surface area contributed by atoms with Crippen LogP contribution in [0.4, 0.5) is 28.8 Å². The van der Waals surface area contributed by atoms with Crippen molar-refractivity contribution in [2.75, 3.05) is 16.0 Å². The number of hydrogen-bond donors (Lipinski definition) is 4. The van der Waals surface area contributed by atoms with Crippen molar-refractivity contribution in [1.82, 2.24) is 19.9 Å². The third kappa shape index (κ3) is 5.44. The molecule has 3 aromatic heterocycles. The molecule has 8 heteroatoms. The number of nitrogens with zero attached hydrogens (tertiary/aromatic N) is 3. The lowest BCUT2D eigenvalue weighted by molar-refractivity contribution is -0.115. The average Bonchev–Trinajstić information content (AvgIpc) is 3.23. The van der Waals surface area contributed by atoms with E-state index in [1.165, 1.54) is 0 Å². The van der Waals surface area contributed by atoms with Crippen LogP contribution in [0.5, 0.6) is 0 Å². The van der Waals surface area contributed by atoms with Crippen LogP contribution in [0.3, 0.4) is 0 Å². The number of fused-ring (bicyclic) bond motifs is 1. The molecule has 0 radical (unpaired) electrons. The number of hydrogen-bond acceptors (Lipinski definition) is 6. The van der Waals surface area contributed by atoms with Gasteiger partial charge in [0.2, 0.25) is 5.91 Å². The number of carbonyl (C=O) groups is 1. The number of nitrogens with one attached hydrogen (secondary N) is 4. The van der Waals surface area contributed by atoms with E-state index >= 15 is 0 Å². The zero-order valence-corrected chi connectivity index (χ0v) is 19.5. The quantitative estimate of drug-likeness (QED) is 0.249. The summed E-state index contributed by atoms with van der Waals surface area (Å²) >= 11 is 0. The minimum atomic E-state index is -0.0673. The van der Waals surface area contributed by atoms with E-state index in [-0.39, 0.29) is 5.91 Å². The molecule has 0 fully saturated rings. The van der Waals surface area contributed by atoms with Crippen LogP contribution in [0.2, 0.25) is 0 Å².